The van der Waals surface area contributed by atoms with Gasteiger partial charge < -0.3 is 10.4 Å². The fraction of sp³-hybridized carbons (Fsp3) is 0.467. The van der Waals surface area contributed by atoms with E-state index in [0.29, 0.717) is 0 Å². The Bertz CT molecular complexity index is 668. The van der Waals surface area contributed by atoms with Gasteiger partial charge in [0.1, 0.15) is 6.04 Å². The highest BCUT2D eigenvalue weighted by Gasteiger charge is 2.24. The lowest BCUT2D eigenvalue weighted by Gasteiger charge is -2.21. The molecule has 0 radical (unpaired) electrons. The molecule has 23 heavy (non-hydrogen) atoms. The fourth-order valence-corrected chi connectivity index (χ4v) is 3.17. The lowest BCUT2D eigenvalue weighted by atomic mass is 10.1. The van der Waals surface area contributed by atoms with Crippen molar-refractivity contribution in [1.82, 2.24) is 9.62 Å². The SMILES string of the molecule is CCC(NC(=O)c1ccc(S(=O)(=O)N(C)C(C)C)cc1)C(=O)O. The van der Waals surface area contributed by atoms with Crippen molar-refractivity contribution in [2.75, 3.05) is 7.05 Å². The van der Waals surface area contributed by atoms with E-state index in [9.17, 15) is 18.0 Å². The minimum absolute atomic E-state index is 0.0792. The molecule has 7 nitrogen and oxygen atoms in total. The summed E-state index contributed by atoms with van der Waals surface area (Å²) in [5, 5.41) is 11.3. The number of hydrogen-bond acceptors (Lipinski definition) is 4. The summed E-state index contributed by atoms with van der Waals surface area (Å²) in [7, 11) is -2.13. The maximum Gasteiger partial charge on any atom is 0.326 e. The van der Waals surface area contributed by atoms with Gasteiger partial charge in [0.05, 0.1) is 4.90 Å². The van der Waals surface area contributed by atoms with Crippen molar-refractivity contribution in [1.29, 1.82) is 0 Å². The van der Waals surface area contributed by atoms with Gasteiger partial charge in [-0.3, -0.25) is 4.79 Å². The number of sulfonamides is 1. The van der Waals surface area contributed by atoms with Gasteiger partial charge in [0.2, 0.25) is 10.0 Å². The average molecular weight is 342 g/mol. The van der Waals surface area contributed by atoms with Crippen LogP contribution in [0.2, 0.25) is 0 Å². The van der Waals surface area contributed by atoms with Gasteiger partial charge in [-0.25, -0.2) is 13.2 Å². The second-order valence-corrected chi connectivity index (χ2v) is 7.41. The summed E-state index contributed by atoms with van der Waals surface area (Å²) in [6.45, 7) is 5.17. The molecule has 8 heteroatoms. The first-order valence-corrected chi connectivity index (χ1v) is 8.67. The highest BCUT2D eigenvalue weighted by atomic mass is 32.2. The Morgan fingerprint density at radius 1 is 1.22 bits per heavy atom. The predicted molar refractivity (Wildman–Crippen MR) is 85.7 cm³/mol. The van der Waals surface area contributed by atoms with Crippen molar-refractivity contribution in [2.24, 2.45) is 0 Å². The molecule has 2 N–H and O–H groups in total. The first-order chi connectivity index (χ1) is 10.6. The van der Waals surface area contributed by atoms with Crippen LogP contribution in [0.25, 0.3) is 0 Å². The van der Waals surface area contributed by atoms with E-state index >= 15 is 0 Å². The zero-order chi connectivity index (χ0) is 17.8. The smallest absolute Gasteiger partial charge is 0.326 e. The molecule has 0 aromatic heterocycles. The van der Waals surface area contributed by atoms with Gasteiger partial charge in [0.25, 0.3) is 5.91 Å². The van der Waals surface area contributed by atoms with Crippen molar-refractivity contribution in [3.05, 3.63) is 29.8 Å². The molecular formula is C15H22N2O5S. The Kier molecular flexibility index (Phi) is 6.28. The van der Waals surface area contributed by atoms with Crippen molar-refractivity contribution >= 4 is 21.9 Å². The van der Waals surface area contributed by atoms with Crippen LogP contribution in [-0.4, -0.2) is 48.8 Å². The van der Waals surface area contributed by atoms with Gasteiger partial charge in [0, 0.05) is 18.7 Å². The van der Waals surface area contributed by atoms with Crippen LogP contribution in [0.5, 0.6) is 0 Å². The van der Waals surface area contributed by atoms with Gasteiger partial charge in [-0.15, -0.1) is 0 Å². The number of carbonyl (C=O) groups is 2. The van der Waals surface area contributed by atoms with Crippen LogP contribution < -0.4 is 5.32 Å². The third kappa shape index (κ3) is 4.52. The molecule has 1 unspecified atom stereocenters. The number of carboxylic acids is 1. The molecule has 0 aliphatic heterocycles. The predicted octanol–water partition coefficient (Wildman–Crippen LogP) is 1.31. The summed E-state index contributed by atoms with van der Waals surface area (Å²) in [4.78, 5) is 23.0. The molecule has 1 aromatic rings. The van der Waals surface area contributed by atoms with E-state index in [-0.39, 0.29) is 22.9 Å². The van der Waals surface area contributed by atoms with E-state index in [0.717, 1.165) is 0 Å². The third-order valence-electron chi connectivity index (χ3n) is 3.53. The van der Waals surface area contributed by atoms with Crippen LogP contribution in [0.3, 0.4) is 0 Å². The molecule has 0 heterocycles. The number of rotatable bonds is 7. The van der Waals surface area contributed by atoms with E-state index in [2.05, 4.69) is 5.32 Å². The number of carboxylic acid groups (broad SMARTS) is 1. The quantitative estimate of drug-likeness (QED) is 0.777. The first-order valence-electron chi connectivity index (χ1n) is 7.23. The third-order valence-corrected chi connectivity index (χ3v) is 5.58. The van der Waals surface area contributed by atoms with Gasteiger partial charge in [0.15, 0.2) is 0 Å². The van der Waals surface area contributed by atoms with E-state index in [1.807, 2.05) is 0 Å². The second kappa shape index (κ2) is 7.56. The summed E-state index contributed by atoms with van der Waals surface area (Å²) >= 11 is 0. The van der Waals surface area contributed by atoms with Crippen molar-refractivity contribution in [2.45, 2.75) is 44.2 Å². The molecule has 0 saturated heterocycles. The van der Waals surface area contributed by atoms with Crippen LogP contribution in [0.1, 0.15) is 37.6 Å². The Morgan fingerprint density at radius 3 is 2.13 bits per heavy atom. The molecule has 1 rings (SSSR count). The molecule has 0 saturated carbocycles. The van der Waals surface area contributed by atoms with Crippen molar-refractivity contribution in [3.8, 4) is 0 Å². The van der Waals surface area contributed by atoms with E-state index in [1.165, 1.54) is 35.6 Å². The highest BCUT2D eigenvalue weighted by molar-refractivity contribution is 7.89. The van der Waals surface area contributed by atoms with Crippen molar-refractivity contribution in [3.63, 3.8) is 0 Å². The summed E-state index contributed by atoms with van der Waals surface area (Å²) in [5.41, 5.74) is 0.204. The molecule has 0 spiro atoms. The zero-order valence-electron chi connectivity index (χ0n) is 13.6. The number of aliphatic carboxylic acids is 1. The Labute approximate surface area is 136 Å². The van der Waals surface area contributed by atoms with Crippen LogP contribution in [0, 0.1) is 0 Å². The normalized spacial score (nSPS) is 13.1. The number of benzene rings is 1. The average Bonchev–Trinajstić information content (AvgIpc) is 2.51. The van der Waals surface area contributed by atoms with E-state index < -0.39 is 27.9 Å². The standard InChI is InChI=1S/C15H22N2O5S/c1-5-13(15(19)20)16-14(18)11-6-8-12(9-7-11)23(21,22)17(4)10(2)3/h6-10,13H,5H2,1-4H3,(H,16,18)(H,19,20). The number of hydrogen-bond donors (Lipinski definition) is 2. The van der Waals surface area contributed by atoms with Crippen LogP contribution >= 0.6 is 0 Å². The zero-order valence-corrected chi connectivity index (χ0v) is 14.4. The van der Waals surface area contributed by atoms with E-state index in [1.54, 1.807) is 20.8 Å². The number of nitrogens with one attached hydrogen (secondary N) is 1. The van der Waals surface area contributed by atoms with Crippen LogP contribution in [-0.2, 0) is 14.8 Å². The molecule has 0 aliphatic carbocycles. The lowest BCUT2D eigenvalue weighted by molar-refractivity contribution is -0.139. The minimum atomic E-state index is -3.61. The monoisotopic (exact) mass is 342 g/mol. The van der Waals surface area contributed by atoms with Crippen molar-refractivity contribution < 1.29 is 23.1 Å². The summed E-state index contributed by atoms with van der Waals surface area (Å²) < 4.78 is 25.9. The molecule has 0 aliphatic rings. The number of amides is 1. The molecule has 1 atom stereocenters. The first kappa shape index (κ1) is 19.1. The molecule has 0 fully saturated rings. The lowest BCUT2D eigenvalue weighted by Crippen LogP contribution is -2.40. The maximum absolute atomic E-state index is 12.3. The number of carbonyl (C=O) groups excluding carboxylic acids is 1. The summed E-state index contributed by atoms with van der Waals surface area (Å²) in [6, 6.07) is 4.24. The highest BCUT2D eigenvalue weighted by Crippen LogP contribution is 2.17. The Balaban J connectivity index is 2.97. The molecule has 1 aromatic carbocycles. The number of nitrogens with zero attached hydrogens (tertiary/aromatic N) is 1. The van der Waals surface area contributed by atoms with Gasteiger partial charge in [-0.2, -0.15) is 4.31 Å². The Hall–Kier alpha value is -1.93. The molecule has 1 amide bonds. The Morgan fingerprint density at radius 2 is 1.74 bits per heavy atom. The molecule has 128 valence electrons. The minimum Gasteiger partial charge on any atom is -0.480 e. The second-order valence-electron chi connectivity index (χ2n) is 5.41. The van der Waals surface area contributed by atoms with Gasteiger partial charge >= 0.3 is 5.97 Å². The largest absolute Gasteiger partial charge is 0.480 e. The molecule has 0 bridgehead atoms. The van der Waals surface area contributed by atoms with Gasteiger partial charge in [-0.1, -0.05) is 6.92 Å². The van der Waals surface area contributed by atoms with Crippen LogP contribution in [0.15, 0.2) is 29.2 Å². The maximum atomic E-state index is 12.3. The van der Waals surface area contributed by atoms with Gasteiger partial charge in [-0.05, 0) is 44.5 Å². The van der Waals surface area contributed by atoms with Crippen LogP contribution in [0.4, 0.5) is 0 Å². The summed E-state index contributed by atoms with van der Waals surface area (Å²) in [6.07, 6.45) is 0.257. The topological polar surface area (TPSA) is 104 Å². The molecular weight excluding hydrogens is 320 g/mol. The van der Waals surface area contributed by atoms with E-state index in [4.69, 9.17) is 5.11 Å². The fourth-order valence-electron chi connectivity index (χ4n) is 1.80. The summed E-state index contributed by atoms with van der Waals surface area (Å²) in [5.74, 6) is -1.67.